The van der Waals surface area contributed by atoms with Crippen molar-refractivity contribution in [3.05, 3.63) is 29.8 Å². The molecule has 0 spiro atoms. The van der Waals surface area contributed by atoms with Gasteiger partial charge in [0.15, 0.2) is 12.2 Å². The van der Waals surface area contributed by atoms with E-state index in [1.54, 1.807) is 6.07 Å². The molecule has 0 bridgehead atoms. The lowest BCUT2D eigenvalue weighted by molar-refractivity contribution is -0.168. The van der Waals surface area contributed by atoms with Crippen molar-refractivity contribution in [3.63, 3.8) is 0 Å². The number of carbonyl (C=O) groups excluding carboxylic acids is 3. The molecular formula is C15H16O8. The number of carbonyl (C=O) groups is 4. The Balaban J connectivity index is 2.78. The molecule has 0 aliphatic carbocycles. The Morgan fingerprint density at radius 2 is 1.61 bits per heavy atom. The van der Waals surface area contributed by atoms with E-state index in [1.165, 1.54) is 39.0 Å². The van der Waals surface area contributed by atoms with Crippen molar-refractivity contribution in [2.75, 3.05) is 0 Å². The van der Waals surface area contributed by atoms with Gasteiger partial charge >= 0.3 is 23.9 Å². The van der Waals surface area contributed by atoms with E-state index >= 15 is 0 Å². The molecule has 0 saturated heterocycles. The molecule has 0 unspecified atom stereocenters. The molecule has 23 heavy (non-hydrogen) atoms. The van der Waals surface area contributed by atoms with Crippen LogP contribution in [0.3, 0.4) is 0 Å². The van der Waals surface area contributed by atoms with Crippen LogP contribution in [0.2, 0.25) is 0 Å². The van der Waals surface area contributed by atoms with Crippen LogP contribution in [0.15, 0.2) is 24.3 Å². The minimum absolute atomic E-state index is 0.00975. The van der Waals surface area contributed by atoms with Crippen LogP contribution in [-0.2, 0) is 23.9 Å². The molecule has 0 heterocycles. The Kier molecular flexibility index (Phi) is 6.25. The van der Waals surface area contributed by atoms with Gasteiger partial charge in [0.05, 0.1) is 0 Å². The van der Waals surface area contributed by atoms with Gasteiger partial charge in [-0.05, 0) is 26.0 Å². The largest absolute Gasteiger partial charge is 0.479 e. The van der Waals surface area contributed by atoms with Crippen molar-refractivity contribution < 1.29 is 38.5 Å². The summed E-state index contributed by atoms with van der Waals surface area (Å²) in [5.41, 5.74) is -0.0476. The van der Waals surface area contributed by atoms with E-state index in [9.17, 15) is 19.2 Å². The standard InChI is InChI=1S/C15H16O8/c1-8(13(17)18)21-14(19)9(2)22-15(20)11-6-4-5-7-12(11)23-10(3)16/h4-9H,1-3H3,(H,17,18)/t8-,9+/m0/s1. The summed E-state index contributed by atoms with van der Waals surface area (Å²) in [7, 11) is 0. The molecule has 8 nitrogen and oxygen atoms in total. The molecule has 2 atom stereocenters. The molecule has 0 amide bonds. The Morgan fingerprint density at radius 1 is 1.00 bits per heavy atom. The lowest BCUT2D eigenvalue weighted by atomic mass is 10.2. The zero-order valence-electron chi connectivity index (χ0n) is 12.8. The Labute approximate surface area is 131 Å². The molecule has 0 radical (unpaired) electrons. The van der Waals surface area contributed by atoms with Crippen LogP contribution in [0, 0.1) is 0 Å². The summed E-state index contributed by atoms with van der Waals surface area (Å²) in [6, 6.07) is 5.84. The van der Waals surface area contributed by atoms with Crippen molar-refractivity contribution >= 4 is 23.9 Å². The fourth-order valence-electron chi connectivity index (χ4n) is 1.47. The summed E-state index contributed by atoms with van der Waals surface area (Å²) in [5, 5.41) is 8.66. The van der Waals surface area contributed by atoms with Crippen LogP contribution in [-0.4, -0.2) is 41.2 Å². The van der Waals surface area contributed by atoms with Crippen molar-refractivity contribution in [2.45, 2.75) is 33.0 Å². The number of rotatable bonds is 6. The molecule has 1 N–H and O–H groups in total. The number of esters is 3. The zero-order valence-corrected chi connectivity index (χ0v) is 12.8. The van der Waals surface area contributed by atoms with Gasteiger partial charge in [0.2, 0.25) is 0 Å². The predicted molar refractivity (Wildman–Crippen MR) is 75.8 cm³/mol. The van der Waals surface area contributed by atoms with Crippen LogP contribution in [0.25, 0.3) is 0 Å². The number of aliphatic carboxylic acids is 1. The van der Waals surface area contributed by atoms with Gasteiger partial charge in [0.1, 0.15) is 11.3 Å². The molecule has 0 aromatic heterocycles. The lowest BCUT2D eigenvalue weighted by Crippen LogP contribution is -2.32. The number of hydrogen-bond acceptors (Lipinski definition) is 7. The molecule has 8 heteroatoms. The van der Waals surface area contributed by atoms with Gasteiger partial charge in [0.25, 0.3) is 0 Å². The van der Waals surface area contributed by atoms with Crippen molar-refractivity contribution in [2.24, 2.45) is 0 Å². The molecule has 0 aliphatic rings. The maximum absolute atomic E-state index is 12.0. The molecule has 1 rings (SSSR count). The highest BCUT2D eigenvalue weighted by Gasteiger charge is 2.26. The Morgan fingerprint density at radius 3 is 2.17 bits per heavy atom. The van der Waals surface area contributed by atoms with Gasteiger partial charge < -0.3 is 19.3 Å². The maximum atomic E-state index is 12.0. The van der Waals surface area contributed by atoms with E-state index < -0.39 is 36.1 Å². The summed E-state index contributed by atoms with van der Waals surface area (Å²) in [4.78, 5) is 45.3. The number of carboxylic acids is 1. The third-order valence-corrected chi connectivity index (χ3v) is 2.62. The van der Waals surface area contributed by atoms with Crippen LogP contribution in [0.1, 0.15) is 31.1 Å². The van der Waals surface area contributed by atoms with E-state index in [0.29, 0.717) is 0 Å². The topological polar surface area (TPSA) is 116 Å². The van der Waals surface area contributed by atoms with Crippen LogP contribution >= 0.6 is 0 Å². The third kappa shape index (κ3) is 5.42. The average Bonchev–Trinajstić information content (AvgIpc) is 2.46. The first-order valence-corrected chi connectivity index (χ1v) is 6.64. The van der Waals surface area contributed by atoms with E-state index in [2.05, 4.69) is 4.74 Å². The highest BCUT2D eigenvalue weighted by atomic mass is 16.6. The second-order valence-corrected chi connectivity index (χ2v) is 4.55. The Bertz CT molecular complexity index is 622. The number of carboxylic acid groups (broad SMARTS) is 1. The van der Waals surface area contributed by atoms with Crippen LogP contribution in [0.5, 0.6) is 5.75 Å². The van der Waals surface area contributed by atoms with E-state index in [4.69, 9.17) is 14.6 Å². The fraction of sp³-hybridized carbons (Fsp3) is 0.333. The minimum Gasteiger partial charge on any atom is -0.479 e. The lowest BCUT2D eigenvalue weighted by Gasteiger charge is -2.15. The first kappa shape index (κ1) is 18.1. The number of benzene rings is 1. The van der Waals surface area contributed by atoms with Gasteiger partial charge in [-0.25, -0.2) is 14.4 Å². The smallest absolute Gasteiger partial charge is 0.348 e. The van der Waals surface area contributed by atoms with E-state index in [0.717, 1.165) is 0 Å². The van der Waals surface area contributed by atoms with E-state index in [-0.39, 0.29) is 11.3 Å². The van der Waals surface area contributed by atoms with Crippen molar-refractivity contribution in [3.8, 4) is 5.75 Å². The molecule has 0 saturated carbocycles. The van der Waals surface area contributed by atoms with Gasteiger partial charge in [-0.1, -0.05) is 12.1 Å². The van der Waals surface area contributed by atoms with Crippen LogP contribution < -0.4 is 4.74 Å². The number of hydrogen-bond donors (Lipinski definition) is 1. The summed E-state index contributed by atoms with van der Waals surface area (Å²) in [5.74, 6) is -3.86. The van der Waals surface area contributed by atoms with Gasteiger partial charge in [-0.15, -0.1) is 0 Å². The Hall–Kier alpha value is -2.90. The first-order chi connectivity index (χ1) is 10.7. The number of ether oxygens (including phenoxy) is 3. The van der Waals surface area contributed by atoms with Crippen molar-refractivity contribution in [1.29, 1.82) is 0 Å². The SMILES string of the molecule is CC(=O)Oc1ccccc1C(=O)O[C@H](C)C(=O)O[C@@H](C)C(=O)O. The van der Waals surface area contributed by atoms with Crippen LogP contribution in [0.4, 0.5) is 0 Å². The van der Waals surface area contributed by atoms with E-state index in [1.807, 2.05) is 0 Å². The second-order valence-electron chi connectivity index (χ2n) is 4.55. The summed E-state index contributed by atoms with van der Waals surface area (Å²) in [6.07, 6.45) is -2.69. The van der Waals surface area contributed by atoms with Gasteiger partial charge in [0, 0.05) is 6.92 Å². The highest BCUT2D eigenvalue weighted by Crippen LogP contribution is 2.20. The molecule has 1 aromatic carbocycles. The molecular weight excluding hydrogens is 308 g/mol. The first-order valence-electron chi connectivity index (χ1n) is 6.64. The minimum atomic E-state index is -1.36. The number of para-hydroxylation sites is 1. The summed E-state index contributed by atoms with van der Waals surface area (Å²) >= 11 is 0. The predicted octanol–water partition coefficient (Wildman–Crippen LogP) is 1.17. The normalized spacial score (nSPS) is 12.7. The average molecular weight is 324 g/mol. The van der Waals surface area contributed by atoms with Gasteiger partial charge in [-0.2, -0.15) is 0 Å². The monoisotopic (exact) mass is 324 g/mol. The fourth-order valence-corrected chi connectivity index (χ4v) is 1.47. The third-order valence-electron chi connectivity index (χ3n) is 2.62. The molecule has 1 aromatic rings. The molecule has 124 valence electrons. The summed E-state index contributed by atoms with van der Waals surface area (Å²) < 4.78 is 14.4. The molecule has 0 aliphatic heterocycles. The van der Waals surface area contributed by atoms with Crippen molar-refractivity contribution in [1.82, 2.24) is 0 Å². The highest BCUT2D eigenvalue weighted by molar-refractivity contribution is 5.95. The zero-order chi connectivity index (χ0) is 17.6. The summed E-state index contributed by atoms with van der Waals surface area (Å²) in [6.45, 7) is 3.59. The molecule has 0 fully saturated rings. The maximum Gasteiger partial charge on any atom is 0.348 e. The second kappa shape index (κ2) is 7.92. The van der Waals surface area contributed by atoms with Gasteiger partial charge in [-0.3, -0.25) is 4.79 Å². The quantitative estimate of drug-likeness (QED) is 0.612.